The fourth-order valence-electron chi connectivity index (χ4n) is 2.72. The number of anilines is 1. The van der Waals surface area contributed by atoms with E-state index in [0.29, 0.717) is 5.69 Å². The third-order valence-electron chi connectivity index (χ3n) is 3.87. The van der Waals surface area contributed by atoms with Crippen LogP contribution in [0.2, 0.25) is 0 Å². The zero-order valence-electron chi connectivity index (χ0n) is 14.1. The van der Waals surface area contributed by atoms with Gasteiger partial charge < -0.3 is 10.4 Å². The molecule has 0 heterocycles. The van der Waals surface area contributed by atoms with Crippen LogP contribution in [0.1, 0.15) is 47.5 Å². The van der Waals surface area contributed by atoms with Gasteiger partial charge >= 0.3 is 0 Å². The molecule has 1 aromatic carbocycles. The molecule has 0 amide bonds. The number of nitrogens with two attached hydrogens (primary N) is 1. The molecule has 2 atom stereocenters. The van der Waals surface area contributed by atoms with Gasteiger partial charge in [-0.2, -0.15) is 0 Å². The van der Waals surface area contributed by atoms with E-state index in [0.717, 1.165) is 12.8 Å². The minimum atomic E-state index is -3.75. The fourth-order valence-corrected chi connectivity index (χ4v) is 3.28. The highest BCUT2D eigenvalue weighted by atomic mass is 32.2. The number of sulfonamides is 1. The van der Waals surface area contributed by atoms with Crippen molar-refractivity contribution in [1.82, 2.24) is 0 Å². The second-order valence-corrected chi connectivity index (χ2v) is 8.93. The minimum Gasteiger partial charge on any atom is -0.373 e. The van der Waals surface area contributed by atoms with E-state index >= 15 is 0 Å². The molecule has 0 radical (unpaired) electrons. The predicted octanol–water partition coefficient (Wildman–Crippen LogP) is 2.92. The highest BCUT2D eigenvalue weighted by Crippen LogP contribution is 2.39. The lowest BCUT2D eigenvalue weighted by molar-refractivity contribution is 0.0239. The van der Waals surface area contributed by atoms with Crippen LogP contribution in [-0.4, -0.2) is 19.8 Å². The molecule has 126 valence electrons. The van der Waals surface area contributed by atoms with Gasteiger partial charge in [0.15, 0.2) is 0 Å². The lowest BCUT2D eigenvalue weighted by Gasteiger charge is -2.39. The van der Waals surface area contributed by atoms with Crippen LogP contribution >= 0.6 is 0 Å². The van der Waals surface area contributed by atoms with E-state index in [1.165, 1.54) is 12.1 Å². The summed E-state index contributed by atoms with van der Waals surface area (Å²) in [5.41, 5.74) is 0.290. The normalized spacial score (nSPS) is 16.9. The average molecular weight is 328 g/mol. The molecule has 0 saturated carbocycles. The second kappa shape index (κ2) is 6.56. The van der Waals surface area contributed by atoms with Crippen molar-refractivity contribution in [2.24, 2.45) is 16.0 Å². The standard InChI is InChI=1S/C16H28N2O3S/c1-6-16(5,11-15(2,3)4)14(19)18-12-8-7-9-13(10-12)22(17,20)21/h7-10,14,18-19H,6,11H2,1-5H3,(H2,17,20,21). The molecule has 1 rings (SSSR count). The minimum absolute atomic E-state index is 0.0266. The van der Waals surface area contributed by atoms with E-state index < -0.39 is 16.3 Å². The van der Waals surface area contributed by atoms with Gasteiger partial charge in [-0.25, -0.2) is 13.6 Å². The number of aliphatic hydroxyl groups is 1. The second-order valence-electron chi connectivity index (χ2n) is 7.36. The number of hydrogen-bond acceptors (Lipinski definition) is 4. The Bertz CT molecular complexity index is 608. The number of aliphatic hydroxyl groups excluding tert-OH is 1. The molecule has 0 bridgehead atoms. The third-order valence-corrected chi connectivity index (χ3v) is 4.78. The lowest BCUT2D eigenvalue weighted by atomic mass is 9.72. The van der Waals surface area contributed by atoms with Crippen LogP contribution in [0.15, 0.2) is 29.2 Å². The average Bonchev–Trinajstić information content (AvgIpc) is 2.36. The number of benzene rings is 1. The third kappa shape index (κ3) is 5.26. The van der Waals surface area contributed by atoms with Crippen molar-refractivity contribution in [3.63, 3.8) is 0 Å². The van der Waals surface area contributed by atoms with Crippen LogP contribution in [0.25, 0.3) is 0 Å². The smallest absolute Gasteiger partial charge is 0.238 e. The number of hydrogen-bond donors (Lipinski definition) is 3. The fraction of sp³-hybridized carbons (Fsp3) is 0.625. The maximum atomic E-state index is 11.4. The highest BCUT2D eigenvalue weighted by molar-refractivity contribution is 7.89. The van der Waals surface area contributed by atoms with Gasteiger partial charge in [-0.05, 0) is 36.5 Å². The Morgan fingerprint density at radius 2 is 1.86 bits per heavy atom. The Labute approximate surface area is 134 Å². The number of primary sulfonamides is 1. The molecule has 0 aliphatic carbocycles. The molecule has 22 heavy (non-hydrogen) atoms. The van der Waals surface area contributed by atoms with Crippen LogP contribution in [0.5, 0.6) is 0 Å². The highest BCUT2D eigenvalue weighted by Gasteiger charge is 2.35. The summed E-state index contributed by atoms with van der Waals surface area (Å²) < 4.78 is 22.8. The maximum Gasteiger partial charge on any atom is 0.238 e. The van der Waals surface area contributed by atoms with Gasteiger partial charge in [-0.3, -0.25) is 0 Å². The maximum absolute atomic E-state index is 11.4. The van der Waals surface area contributed by atoms with Crippen molar-refractivity contribution in [3.8, 4) is 0 Å². The van der Waals surface area contributed by atoms with Crippen molar-refractivity contribution in [2.75, 3.05) is 5.32 Å². The first-order valence-electron chi connectivity index (χ1n) is 7.45. The molecule has 0 saturated heterocycles. The summed E-state index contributed by atoms with van der Waals surface area (Å²) in [6.07, 6.45) is 0.847. The van der Waals surface area contributed by atoms with E-state index in [1.807, 2.05) is 13.8 Å². The van der Waals surface area contributed by atoms with Crippen LogP contribution in [0.3, 0.4) is 0 Å². The van der Waals surface area contributed by atoms with Crippen LogP contribution in [0.4, 0.5) is 5.69 Å². The summed E-state index contributed by atoms with van der Waals surface area (Å²) in [5, 5.41) is 18.7. The zero-order chi connectivity index (χ0) is 17.2. The van der Waals surface area contributed by atoms with Gasteiger partial charge in [-0.15, -0.1) is 0 Å². The lowest BCUT2D eigenvalue weighted by Crippen LogP contribution is -2.40. The van der Waals surface area contributed by atoms with E-state index in [9.17, 15) is 13.5 Å². The number of rotatable bonds is 6. The summed E-state index contributed by atoms with van der Waals surface area (Å²) >= 11 is 0. The molecule has 5 nitrogen and oxygen atoms in total. The van der Waals surface area contributed by atoms with Crippen LogP contribution < -0.4 is 10.5 Å². The van der Waals surface area contributed by atoms with Crippen molar-refractivity contribution in [1.29, 1.82) is 0 Å². The monoisotopic (exact) mass is 328 g/mol. The zero-order valence-corrected chi connectivity index (χ0v) is 14.9. The Morgan fingerprint density at radius 3 is 2.32 bits per heavy atom. The Hall–Kier alpha value is -1.11. The summed E-state index contributed by atoms with van der Waals surface area (Å²) in [7, 11) is -3.75. The Morgan fingerprint density at radius 1 is 1.27 bits per heavy atom. The summed E-state index contributed by atoms with van der Waals surface area (Å²) in [4.78, 5) is 0.0266. The van der Waals surface area contributed by atoms with Crippen LogP contribution in [-0.2, 0) is 10.0 Å². The summed E-state index contributed by atoms with van der Waals surface area (Å²) in [5.74, 6) is 0. The van der Waals surface area contributed by atoms with Crippen molar-refractivity contribution < 1.29 is 13.5 Å². The van der Waals surface area contributed by atoms with Crippen molar-refractivity contribution in [2.45, 2.75) is 58.6 Å². The van der Waals surface area contributed by atoms with Gasteiger partial charge in [0, 0.05) is 11.1 Å². The van der Waals surface area contributed by atoms with E-state index in [-0.39, 0.29) is 15.7 Å². The van der Waals surface area contributed by atoms with Gasteiger partial charge in [0.05, 0.1) is 4.90 Å². The molecule has 0 aliphatic rings. The molecule has 0 spiro atoms. The molecular weight excluding hydrogens is 300 g/mol. The van der Waals surface area contributed by atoms with Crippen molar-refractivity contribution >= 4 is 15.7 Å². The Kier molecular flexibility index (Phi) is 5.65. The van der Waals surface area contributed by atoms with E-state index in [2.05, 4.69) is 26.1 Å². The quantitative estimate of drug-likeness (QED) is 0.700. The summed E-state index contributed by atoms with van der Waals surface area (Å²) in [6.45, 7) is 10.5. The number of nitrogens with one attached hydrogen (secondary N) is 1. The topological polar surface area (TPSA) is 92.4 Å². The molecule has 0 aliphatic heterocycles. The molecule has 2 unspecified atom stereocenters. The molecule has 6 heteroatoms. The Balaban J connectivity index is 2.98. The van der Waals surface area contributed by atoms with Gasteiger partial charge in [0.25, 0.3) is 0 Å². The molecule has 0 aromatic heterocycles. The largest absolute Gasteiger partial charge is 0.373 e. The van der Waals surface area contributed by atoms with Gasteiger partial charge in [0.1, 0.15) is 6.23 Å². The molecule has 4 N–H and O–H groups in total. The predicted molar refractivity (Wildman–Crippen MR) is 89.9 cm³/mol. The van der Waals surface area contributed by atoms with Crippen LogP contribution in [0, 0.1) is 10.8 Å². The first-order valence-corrected chi connectivity index (χ1v) is 8.99. The first kappa shape index (κ1) is 18.9. The van der Waals surface area contributed by atoms with Crippen molar-refractivity contribution in [3.05, 3.63) is 24.3 Å². The summed E-state index contributed by atoms with van der Waals surface area (Å²) in [6, 6.07) is 6.18. The molecular formula is C16H28N2O3S. The van der Waals surface area contributed by atoms with Gasteiger partial charge in [0.2, 0.25) is 10.0 Å². The van der Waals surface area contributed by atoms with E-state index in [4.69, 9.17) is 5.14 Å². The van der Waals surface area contributed by atoms with E-state index in [1.54, 1.807) is 12.1 Å². The first-order chi connectivity index (χ1) is 9.87. The SMILES string of the molecule is CCC(C)(CC(C)(C)C)C(O)Nc1cccc(S(N)(=O)=O)c1. The van der Waals surface area contributed by atoms with Gasteiger partial charge in [-0.1, -0.05) is 40.7 Å². The molecule has 0 fully saturated rings. The molecule has 1 aromatic rings.